The normalized spacial score (nSPS) is 13.6. The Morgan fingerprint density at radius 2 is 2.25 bits per heavy atom. The molecule has 1 atom stereocenters. The molecule has 4 N–H and O–H groups in total. The Labute approximate surface area is 97.2 Å². The Balaban J connectivity index is 2.77. The van der Waals surface area contributed by atoms with Crippen molar-refractivity contribution in [2.75, 3.05) is 0 Å². The quantitative estimate of drug-likeness (QED) is 0.313. The number of nitrogens with one attached hydrogen (secondary N) is 1. The van der Waals surface area contributed by atoms with Crippen LogP contribution >= 0.6 is 11.3 Å². The molecule has 0 bridgehead atoms. The van der Waals surface area contributed by atoms with Crippen molar-refractivity contribution >= 4 is 23.1 Å². The molecule has 0 aliphatic carbocycles. The Bertz CT molecular complexity index is 427. The zero-order valence-corrected chi connectivity index (χ0v) is 10.1. The van der Waals surface area contributed by atoms with Crippen molar-refractivity contribution in [3.63, 3.8) is 0 Å². The van der Waals surface area contributed by atoms with Gasteiger partial charge in [0.25, 0.3) is 5.91 Å². The van der Waals surface area contributed by atoms with Crippen molar-refractivity contribution in [1.82, 2.24) is 10.3 Å². The monoisotopic (exact) mass is 242 g/mol. The van der Waals surface area contributed by atoms with E-state index in [-0.39, 0.29) is 11.7 Å². The van der Waals surface area contributed by atoms with Gasteiger partial charge >= 0.3 is 0 Å². The first-order valence-electron chi connectivity index (χ1n) is 4.68. The fourth-order valence-electron chi connectivity index (χ4n) is 1.16. The second-order valence-corrected chi connectivity index (χ2v) is 4.57. The third kappa shape index (κ3) is 2.69. The van der Waals surface area contributed by atoms with E-state index >= 15 is 0 Å². The predicted octanol–water partition coefficient (Wildman–Crippen LogP) is 0.625. The fourth-order valence-corrected chi connectivity index (χ4v) is 1.99. The lowest BCUT2D eigenvalue weighted by atomic mass is 10.3. The Kier molecular flexibility index (Phi) is 3.83. The van der Waals surface area contributed by atoms with Gasteiger partial charge in [-0.05, 0) is 20.8 Å². The third-order valence-electron chi connectivity index (χ3n) is 2.02. The van der Waals surface area contributed by atoms with Crippen molar-refractivity contribution in [3.8, 4) is 0 Å². The zero-order chi connectivity index (χ0) is 12.3. The highest BCUT2D eigenvalue weighted by molar-refractivity contribution is 7.13. The number of amidine groups is 1. The summed E-state index contributed by atoms with van der Waals surface area (Å²) in [4.78, 5) is 16.5. The summed E-state index contributed by atoms with van der Waals surface area (Å²) < 4.78 is 0. The van der Waals surface area contributed by atoms with Crippen molar-refractivity contribution in [3.05, 3.63) is 15.6 Å². The minimum atomic E-state index is -0.515. The lowest BCUT2D eigenvalue weighted by Crippen LogP contribution is -2.42. The standard InChI is InChI=1S/C9H14N4O2S/c1-4-7(16-6(3)11-4)9(14)12-5(2)8(10)13-15/h5,15H,1-3H3,(H2,10,13)(H,12,14). The van der Waals surface area contributed by atoms with E-state index in [1.54, 1.807) is 13.8 Å². The molecular formula is C9H14N4O2S. The Hall–Kier alpha value is -1.63. The van der Waals surface area contributed by atoms with E-state index in [0.29, 0.717) is 10.6 Å². The van der Waals surface area contributed by atoms with Gasteiger partial charge in [-0.2, -0.15) is 0 Å². The van der Waals surface area contributed by atoms with Crippen molar-refractivity contribution in [1.29, 1.82) is 0 Å². The molecule has 0 aliphatic heterocycles. The molecule has 1 heterocycles. The van der Waals surface area contributed by atoms with Crippen LogP contribution < -0.4 is 11.1 Å². The number of carbonyl (C=O) groups is 1. The van der Waals surface area contributed by atoms with Crippen molar-refractivity contribution in [2.24, 2.45) is 10.9 Å². The van der Waals surface area contributed by atoms with Crippen LogP contribution in [0, 0.1) is 13.8 Å². The second kappa shape index (κ2) is 4.93. The summed E-state index contributed by atoms with van der Waals surface area (Å²) in [5.74, 6) is -0.297. The van der Waals surface area contributed by atoms with Gasteiger partial charge < -0.3 is 16.3 Å². The summed E-state index contributed by atoms with van der Waals surface area (Å²) in [5.41, 5.74) is 6.05. The first-order chi connectivity index (χ1) is 7.45. The number of nitrogens with two attached hydrogens (primary N) is 1. The lowest BCUT2D eigenvalue weighted by Gasteiger charge is -2.11. The Morgan fingerprint density at radius 1 is 1.62 bits per heavy atom. The lowest BCUT2D eigenvalue weighted by molar-refractivity contribution is 0.0952. The number of hydrogen-bond donors (Lipinski definition) is 3. The number of rotatable bonds is 3. The molecule has 1 rings (SSSR count). The maximum absolute atomic E-state index is 11.8. The summed E-state index contributed by atoms with van der Waals surface area (Å²) in [5, 5.41) is 14.7. The molecule has 7 heteroatoms. The number of amides is 1. The van der Waals surface area contributed by atoms with Crippen LogP contribution in [0.2, 0.25) is 0 Å². The molecule has 0 saturated heterocycles. The molecule has 0 aliphatic rings. The van der Waals surface area contributed by atoms with Crippen LogP contribution in [-0.4, -0.2) is 28.0 Å². The summed E-state index contributed by atoms with van der Waals surface area (Å²) in [6, 6.07) is -0.515. The number of aryl methyl sites for hydroxylation is 2. The number of hydrogen-bond acceptors (Lipinski definition) is 5. The average Bonchev–Trinajstić information content (AvgIpc) is 2.56. The van der Waals surface area contributed by atoms with E-state index < -0.39 is 6.04 Å². The number of aromatic nitrogens is 1. The van der Waals surface area contributed by atoms with Crippen LogP contribution in [-0.2, 0) is 0 Å². The van der Waals surface area contributed by atoms with Crippen molar-refractivity contribution in [2.45, 2.75) is 26.8 Å². The van der Waals surface area contributed by atoms with Gasteiger partial charge in [0.2, 0.25) is 0 Å². The van der Waals surface area contributed by atoms with Crippen molar-refractivity contribution < 1.29 is 10.0 Å². The Morgan fingerprint density at radius 3 is 2.69 bits per heavy atom. The minimum Gasteiger partial charge on any atom is -0.409 e. The van der Waals surface area contributed by atoms with Gasteiger partial charge in [0.15, 0.2) is 5.84 Å². The average molecular weight is 242 g/mol. The molecule has 0 radical (unpaired) electrons. The molecule has 0 fully saturated rings. The molecular weight excluding hydrogens is 228 g/mol. The highest BCUT2D eigenvalue weighted by Crippen LogP contribution is 2.16. The van der Waals surface area contributed by atoms with Crippen LogP contribution in [0.3, 0.4) is 0 Å². The van der Waals surface area contributed by atoms with Crippen LogP contribution in [0.25, 0.3) is 0 Å². The largest absolute Gasteiger partial charge is 0.409 e. The first-order valence-corrected chi connectivity index (χ1v) is 5.49. The maximum Gasteiger partial charge on any atom is 0.263 e. The smallest absolute Gasteiger partial charge is 0.263 e. The van der Waals surface area contributed by atoms with E-state index in [1.807, 2.05) is 6.92 Å². The molecule has 0 spiro atoms. The van der Waals surface area contributed by atoms with Gasteiger partial charge in [0.1, 0.15) is 4.88 Å². The van der Waals surface area contributed by atoms with Gasteiger partial charge in [0, 0.05) is 0 Å². The summed E-state index contributed by atoms with van der Waals surface area (Å²) in [6.07, 6.45) is 0. The summed E-state index contributed by atoms with van der Waals surface area (Å²) >= 11 is 1.32. The third-order valence-corrected chi connectivity index (χ3v) is 3.09. The molecule has 1 aromatic rings. The molecule has 0 saturated carbocycles. The SMILES string of the molecule is Cc1nc(C)c(C(=O)NC(C)C(N)=NO)s1. The van der Waals surface area contributed by atoms with Gasteiger partial charge in [-0.15, -0.1) is 11.3 Å². The van der Waals surface area contributed by atoms with E-state index in [1.165, 1.54) is 11.3 Å². The molecule has 1 unspecified atom stereocenters. The molecule has 1 aromatic heterocycles. The van der Waals surface area contributed by atoms with E-state index in [4.69, 9.17) is 10.9 Å². The van der Waals surface area contributed by atoms with Gasteiger partial charge in [0.05, 0.1) is 16.7 Å². The molecule has 0 aromatic carbocycles. The minimum absolute atomic E-state index is 0.0350. The number of oxime groups is 1. The number of carbonyl (C=O) groups excluding carboxylic acids is 1. The van der Waals surface area contributed by atoms with Gasteiger partial charge in [-0.3, -0.25) is 4.79 Å². The van der Waals surface area contributed by atoms with Crippen LogP contribution in [0.15, 0.2) is 5.16 Å². The molecule has 88 valence electrons. The topological polar surface area (TPSA) is 101 Å². The molecule has 16 heavy (non-hydrogen) atoms. The van der Waals surface area contributed by atoms with E-state index in [2.05, 4.69) is 15.5 Å². The molecule has 1 amide bonds. The zero-order valence-electron chi connectivity index (χ0n) is 9.31. The highest BCUT2D eigenvalue weighted by atomic mass is 32.1. The van der Waals surface area contributed by atoms with Crippen LogP contribution in [0.1, 0.15) is 27.3 Å². The van der Waals surface area contributed by atoms with E-state index in [0.717, 1.165) is 5.01 Å². The van der Waals surface area contributed by atoms with E-state index in [9.17, 15) is 4.79 Å². The fraction of sp³-hybridized carbons (Fsp3) is 0.444. The summed E-state index contributed by atoms with van der Waals surface area (Å²) in [6.45, 7) is 5.24. The highest BCUT2D eigenvalue weighted by Gasteiger charge is 2.17. The van der Waals surface area contributed by atoms with Crippen LogP contribution in [0.5, 0.6) is 0 Å². The van der Waals surface area contributed by atoms with Gasteiger partial charge in [-0.1, -0.05) is 5.16 Å². The maximum atomic E-state index is 11.8. The predicted molar refractivity (Wildman–Crippen MR) is 61.9 cm³/mol. The van der Waals surface area contributed by atoms with Crippen LogP contribution in [0.4, 0.5) is 0 Å². The number of nitrogens with zero attached hydrogens (tertiary/aromatic N) is 2. The second-order valence-electron chi connectivity index (χ2n) is 3.37. The number of thiazole rings is 1. The summed E-state index contributed by atoms with van der Waals surface area (Å²) in [7, 11) is 0. The first kappa shape index (κ1) is 12.4. The van der Waals surface area contributed by atoms with Gasteiger partial charge in [-0.25, -0.2) is 4.98 Å². The molecule has 6 nitrogen and oxygen atoms in total.